The van der Waals surface area contributed by atoms with E-state index >= 15 is 0 Å². The SMILES string of the molecule is COc1ccc(Oc2ncc(F)c(NCON)n2)cc1. The molecule has 1 heterocycles. The van der Waals surface area contributed by atoms with Crippen LogP contribution in [0.3, 0.4) is 0 Å². The Labute approximate surface area is 114 Å². The van der Waals surface area contributed by atoms with Gasteiger partial charge in [-0.05, 0) is 24.3 Å². The van der Waals surface area contributed by atoms with Gasteiger partial charge in [0, 0.05) is 0 Å². The molecule has 0 bridgehead atoms. The molecule has 0 unspecified atom stereocenters. The summed E-state index contributed by atoms with van der Waals surface area (Å²) < 4.78 is 23.8. The molecule has 0 saturated carbocycles. The third kappa shape index (κ3) is 3.53. The first kappa shape index (κ1) is 14.0. The number of aromatic nitrogens is 2. The minimum atomic E-state index is -0.635. The second-order valence-corrected chi connectivity index (χ2v) is 3.61. The third-order valence-corrected chi connectivity index (χ3v) is 2.31. The lowest BCUT2D eigenvalue weighted by molar-refractivity contribution is 0.156. The largest absolute Gasteiger partial charge is 0.497 e. The molecule has 106 valence electrons. The molecule has 3 N–H and O–H groups in total. The molecule has 1 aromatic carbocycles. The summed E-state index contributed by atoms with van der Waals surface area (Å²) in [4.78, 5) is 11.9. The van der Waals surface area contributed by atoms with Gasteiger partial charge in [0.15, 0.2) is 11.6 Å². The van der Waals surface area contributed by atoms with Gasteiger partial charge in [-0.1, -0.05) is 0 Å². The second-order valence-electron chi connectivity index (χ2n) is 3.61. The van der Waals surface area contributed by atoms with Crippen LogP contribution in [0, 0.1) is 5.82 Å². The first-order chi connectivity index (χ1) is 9.72. The van der Waals surface area contributed by atoms with Gasteiger partial charge in [0.25, 0.3) is 0 Å². The molecule has 0 aliphatic rings. The summed E-state index contributed by atoms with van der Waals surface area (Å²) >= 11 is 0. The van der Waals surface area contributed by atoms with Crippen LogP contribution in [0.4, 0.5) is 10.2 Å². The van der Waals surface area contributed by atoms with Crippen LogP contribution in [0.2, 0.25) is 0 Å². The van der Waals surface area contributed by atoms with Crippen molar-refractivity contribution in [2.75, 3.05) is 19.2 Å². The Kier molecular flexibility index (Phi) is 4.64. The predicted octanol–water partition coefficient (Wildman–Crippen LogP) is 1.68. The van der Waals surface area contributed by atoms with Crippen molar-refractivity contribution in [3.63, 3.8) is 0 Å². The summed E-state index contributed by atoms with van der Waals surface area (Å²) in [5.74, 6) is 5.34. The van der Waals surface area contributed by atoms with Crippen molar-refractivity contribution < 1.29 is 18.7 Å². The number of halogens is 1. The van der Waals surface area contributed by atoms with Gasteiger partial charge in [0.2, 0.25) is 0 Å². The molecule has 0 saturated heterocycles. The van der Waals surface area contributed by atoms with Gasteiger partial charge in [0.05, 0.1) is 13.3 Å². The minimum Gasteiger partial charge on any atom is -0.497 e. The number of ether oxygens (including phenoxy) is 2. The van der Waals surface area contributed by atoms with Crippen LogP contribution >= 0.6 is 0 Å². The zero-order valence-electron chi connectivity index (χ0n) is 10.7. The monoisotopic (exact) mass is 280 g/mol. The quantitative estimate of drug-likeness (QED) is 0.614. The Morgan fingerprint density at radius 2 is 1.95 bits per heavy atom. The number of nitrogens with two attached hydrogens (primary N) is 1. The molecule has 0 radical (unpaired) electrons. The summed E-state index contributed by atoms with van der Waals surface area (Å²) in [6.45, 7) is -0.0874. The van der Waals surface area contributed by atoms with E-state index in [2.05, 4.69) is 20.1 Å². The van der Waals surface area contributed by atoms with Crippen molar-refractivity contribution in [1.29, 1.82) is 0 Å². The number of rotatable bonds is 6. The molecule has 0 atom stereocenters. The molecule has 1 aromatic heterocycles. The number of benzene rings is 1. The molecule has 0 aliphatic carbocycles. The van der Waals surface area contributed by atoms with Crippen molar-refractivity contribution in [2.24, 2.45) is 5.90 Å². The minimum absolute atomic E-state index is 0.00362. The molecule has 2 aromatic rings. The van der Waals surface area contributed by atoms with Crippen LogP contribution in [0.15, 0.2) is 30.5 Å². The van der Waals surface area contributed by atoms with E-state index in [4.69, 9.17) is 15.4 Å². The molecule has 0 fully saturated rings. The van der Waals surface area contributed by atoms with Crippen LogP contribution < -0.4 is 20.7 Å². The predicted molar refractivity (Wildman–Crippen MR) is 68.8 cm³/mol. The Morgan fingerprint density at radius 3 is 2.60 bits per heavy atom. The van der Waals surface area contributed by atoms with Crippen molar-refractivity contribution in [2.45, 2.75) is 0 Å². The molecule has 0 amide bonds. The third-order valence-electron chi connectivity index (χ3n) is 2.31. The zero-order chi connectivity index (χ0) is 14.4. The number of hydrogen-bond acceptors (Lipinski definition) is 7. The van der Waals surface area contributed by atoms with Gasteiger partial charge in [-0.15, -0.1) is 0 Å². The van der Waals surface area contributed by atoms with Gasteiger partial charge in [-0.3, -0.25) is 4.84 Å². The number of methoxy groups -OCH3 is 1. The van der Waals surface area contributed by atoms with Crippen molar-refractivity contribution in [1.82, 2.24) is 9.97 Å². The zero-order valence-corrected chi connectivity index (χ0v) is 10.7. The fourth-order valence-corrected chi connectivity index (χ4v) is 1.38. The van der Waals surface area contributed by atoms with E-state index in [9.17, 15) is 4.39 Å². The van der Waals surface area contributed by atoms with Crippen LogP contribution in [0.25, 0.3) is 0 Å². The molecule has 8 heteroatoms. The highest BCUT2D eigenvalue weighted by atomic mass is 19.1. The fourth-order valence-electron chi connectivity index (χ4n) is 1.38. The van der Waals surface area contributed by atoms with E-state index in [1.54, 1.807) is 31.4 Å². The highest BCUT2D eigenvalue weighted by Gasteiger charge is 2.08. The van der Waals surface area contributed by atoms with E-state index in [-0.39, 0.29) is 18.6 Å². The first-order valence-corrected chi connectivity index (χ1v) is 5.63. The molecule has 0 aliphatic heterocycles. The number of hydrogen-bond donors (Lipinski definition) is 2. The first-order valence-electron chi connectivity index (χ1n) is 5.63. The number of nitrogens with one attached hydrogen (secondary N) is 1. The molecule has 2 rings (SSSR count). The Hall–Kier alpha value is -2.45. The number of nitrogens with zero attached hydrogens (tertiary/aromatic N) is 2. The standard InChI is InChI=1S/C12H13FN4O3/c1-18-8-2-4-9(5-3-8)20-12-15-6-10(13)11(17-12)16-7-19-14/h2-6H,7,14H2,1H3,(H,15,16,17). The maximum Gasteiger partial charge on any atom is 0.324 e. The Bertz CT molecular complexity index is 565. The van der Waals surface area contributed by atoms with Crippen LogP contribution in [-0.2, 0) is 4.84 Å². The van der Waals surface area contributed by atoms with E-state index in [1.807, 2.05) is 0 Å². The molecular formula is C12H13FN4O3. The van der Waals surface area contributed by atoms with Crippen LogP contribution in [0.1, 0.15) is 0 Å². The van der Waals surface area contributed by atoms with E-state index in [0.717, 1.165) is 6.20 Å². The summed E-state index contributed by atoms with van der Waals surface area (Å²) in [6, 6.07) is 6.81. The van der Waals surface area contributed by atoms with Gasteiger partial charge < -0.3 is 14.8 Å². The molecule has 20 heavy (non-hydrogen) atoms. The van der Waals surface area contributed by atoms with Crippen molar-refractivity contribution in [3.8, 4) is 17.5 Å². The maximum atomic E-state index is 13.4. The summed E-state index contributed by atoms with van der Waals surface area (Å²) in [5.41, 5.74) is 0. The van der Waals surface area contributed by atoms with Gasteiger partial charge >= 0.3 is 6.01 Å². The Balaban J connectivity index is 2.11. The molecule has 0 spiro atoms. The fraction of sp³-hybridized carbons (Fsp3) is 0.167. The van der Waals surface area contributed by atoms with Crippen LogP contribution in [0.5, 0.6) is 17.5 Å². The van der Waals surface area contributed by atoms with Crippen LogP contribution in [-0.4, -0.2) is 23.8 Å². The van der Waals surface area contributed by atoms with Gasteiger partial charge in [0.1, 0.15) is 18.2 Å². The van der Waals surface area contributed by atoms with Gasteiger partial charge in [-0.2, -0.15) is 4.98 Å². The topological polar surface area (TPSA) is 91.5 Å². The normalized spacial score (nSPS) is 10.2. The lowest BCUT2D eigenvalue weighted by Gasteiger charge is -2.08. The summed E-state index contributed by atoms with van der Waals surface area (Å²) in [5, 5.41) is 2.53. The highest BCUT2D eigenvalue weighted by Crippen LogP contribution is 2.22. The summed E-state index contributed by atoms with van der Waals surface area (Å²) in [6.07, 6.45) is 0.991. The average molecular weight is 280 g/mol. The van der Waals surface area contributed by atoms with Gasteiger partial charge in [-0.25, -0.2) is 15.3 Å². The molecular weight excluding hydrogens is 267 g/mol. The Morgan fingerprint density at radius 1 is 1.25 bits per heavy atom. The lowest BCUT2D eigenvalue weighted by Crippen LogP contribution is -2.12. The van der Waals surface area contributed by atoms with Crippen molar-refractivity contribution >= 4 is 5.82 Å². The smallest absolute Gasteiger partial charge is 0.324 e. The highest BCUT2D eigenvalue weighted by molar-refractivity contribution is 5.37. The van der Waals surface area contributed by atoms with E-state index in [1.165, 1.54) is 0 Å². The van der Waals surface area contributed by atoms with Crippen molar-refractivity contribution in [3.05, 3.63) is 36.3 Å². The average Bonchev–Trinajstić information content (AvgIpc) is 2.48. The molecule has 7 nitrogen and oxygen atoms in total. The second kappa shape index (κ2) is 6.64. The summed E-state index contributed by atoms with van der Waals surface area (Å²) in [7, 11) is 1.57. The lowest BCUT2D eigenvalue weighted by atomic mass is 10.3. The maximum absolute atomic E-state index is 13.4. The number of anilines is 1. The van der Waals surface area contributed by atoms with E-state index in [0.29, 0.717) is 11.5 Å². The van der Waals surface area contributed by atoms with E-state index < -0.39 is 5.82 Å².